The van der Waals surface area contributed by atoms with Crippen LogP contribution in [0.2, 0.25) is 0 Å². The molecule has 4 bridgehead atoms. The van der Waals surface area contributed by atoms with Crippen LogP contribution >= 0.6 is 0 Å². The van der Waals surface area contributed by atoms with Gasteiger partial charge in [-0.25, -0.2) is 15.0 Å². The summed E-state index contributed by atoms with van der Waals surface area (Å²) in [7, 11) is 0. The molecule has 0 spiro atoms. The van der Waals surface area contributed by atoms with E-state index >= 15 is 0 Å². The summed E-state index contributed by atoms with van der Waals surface area (Å²) in [5, 5.41) is 0. The summed E-state index contributed by atoms with van der Waals surface area (Å²) in [4.78, 5) is 16.6. The molecule has 2 aromatic rings. The van der Waals surface area contributed by atoms with Crippen LogP contribution < -0.4 is 5.73 Å². The zero-order chi connectivity index (χ0) is 14.2. The SMILES string of the molecule is CC12CC3CC(C1)CC(c1nc4ncnc(N)c4[nH]1)(C3)C2. The zero-order valence-corrected chi connectivity index (χ0v) is 12.4. The lowest BCUT2D eigenvalue weighted by Gasteiger charge is -2.60. The van der Waals surface area contributed by atoms with Crippen molar-refractivity contribution in [3.63, 3.8) is 0 Å². The summed E-state index contributed by atoms with van der Waals surface area (Å²) in [5.41, 5.74) is 8.24. The fraction of sp³-hybridized carbons (Fsp3) is 0.688. The van der Waals surface area contributed by atoms with Crippen LogP contribution in [0.5, 0.6) is 0 Å². The summed E-state index contributed by atoms with van der Waals surface area (Å²) in [6.07, 6.45) is 9.59. The predicted molar refractivity (Wildman–Crippen MR) is 80.6 cm³/mol. The molecule has 2 heterocycles. The Balaban J connectivity index is 1.66. The maximum atomic E-state index is 5.96. The van der Waals surface area contributed by atoms with Crippen LogP contribution in [0, 0.1) is 17.3 Å². The number of fused-ring (bicyclic) bond motifs is 1. The Morgan fingerprint density at radius 3 is 2.62 bits per heavy atom. The third kappa shape index (κ3) is 1.54. The van der Waals surface area contributed by atoms with Crippen LogP contribution in [0.4, 0.5) is 5.82 Å². The number of hydrogen-bond donors (Lipinski definition) is 2. The smallest absolute Gasteiger partial charge is 0.183 e. The third-order valence-electron chi connectivity index (χ3n) is 6.17. The molecule has 4 aliphatic carbocycles. The second-order valence-electron chi connectivity index (χ2n) is 8.09. The van der Waals surface area contributed by atoms with Gasteiger partial charge in [0.15, 0.2) is 11.5 Å². The van der Waals surface area contributed by atoms with E-state index in [-0.39, 0.29) is 5.41 Å². The molecule has 0 amide bonds. The number of anilines is 1. The van der Waals surface area contributed by atoms with Crippen molar-refractivity contribution in [3.8, 4) is 0 Å². The van der Waals surface area contributed by atoms with Gasteiger partial charge in [-0.3, -0.25) is 0 Å². The van der Waals surface area contributed by atoms with Crippen LogP contribution in [0.15, 0.2) is 6.33 Å². The van der Waals surface area contributed by atoms with Crippen LogP contribution in [-0.4, -0.2) is 19.9 Å². The van der Waals surface area contributed by atoms with Gasteiger partial charge in [0.1, 0.15) is 17.7 Å². The molecule has 4 aliphatic rings. The second kappa shape index (κ2) is 3.57. The Morgan fingerprint density at radius 2 is 1.95 bits per heavy atom. The van der Waals surface area contributed by atoms with E-state index < -0.39 is 0 Å². The molecule has 21 heavy (non-hydrogen) atoms. The van der Waals surface area contributed by atoms with Crippen LogP contribution in [0.3, 0.4) is 0 Å². The number of nitrogen functional groups attached to an aromatic ring is 1. The molecule has 4 saturated carbocycles. The highest BCUT2D eigenvalue weighted by Gasteiger charge is 2.57. The van der Waals surface area contributed by atoms with E-state index in [1.54, 1.807) is 0 Å². The predicted octanol–water partition coefficient (Wildman–Crippen LogP) is 2.79. The van der Waals surface area contributed by atoms with E-state index in [2.05, 4.69) is 21.9 Å². The quantitative estimate of drug-likeness (QED) is 0.843. The molecule has 5 nitrogen and oxygen atoms in total. The molecular weight excluding hydrogens is 262 g/mol. The highest BCUT2D eigenvalue weighted by Crippen LogP contribution is 2.65. The van der Waals surface area contributed by atoms with Crippen molar-refractivity contribution < 1.29 is 0 Å². The molecular formula is C16H21N5. The minimum Gasteiger partial charge on any atom is -0.382 e. The van der Waals surface area contributed by atoms with Crippen molar-refractivity contribution >= 4 is 17.0 Å². The molecule has 3 N–H and O–H groups in total. The fourth-order valence-corrected chi connectivity index (χ4v) is 6.09. The number of H-pyrrole nitrogens is 1. The van der Waals surface area contributed by atoms with Crippen molar-refractivity contribution in [1.29, 1.82) is 0 Å². The lowest BCUT2D eigenvalue weighted by molar-refractivity contribution is -0.0644. The van der Waals surface area contributed by atoms with Crippen molar-refractivity contribution in [2.45, 2.75) is 50.9 Å². The monoisotopic (exact) mass is 283 g/mol. The Morgan fingerprint density at radius 1 is 1.19 bits per heavy atom. The third-order valence-corrected chi connectivity index (χ3v) is 6.17. The van der Waals surface area contributed by atoms with Crippen molar-refractivity contribution in [2.24, 2.45) is 17.3 Å². The van der Waals surface area contributed by atoms with E-state index in [0.29, 0.717) is 11.2 Å². The van der Waals surface area contributed by atoms with Crippen LogP contribution in [0.1, 0.15) is 51.3 Å². The number of nitrogens with zero attached hydrogens (tertiary/aromatic N) is 3. The summed E-state index contributed by atoms with van der Waals surface area (Å²) in [5.74, 6) is 3.39. The van der Waals surface area contributed by atoms with Crippen molar-refractivity contribution in [2.75, 3.05) is 5.73 Å². The molecule has 4 fully saturated rings. The van der Waals surface area contributed by atoms with E-state index in [4.69, 9.17) is 10.7 Å². The molecule has 5 heteroatoms. The number of imidazole rings is 1. The van der Waals surface area contributed by atoms with Gasteiger partial charge in [-0.15, -0.1) is 0 Å². The average Bonchev–Trinajstić information content (AvgIpc) is 2.82. The number of aromatic nitrogens is 4. The summed E-state index contributed by atoms with van der Waals surface area (Å²) in [6.45, 7) is 2.48. The molecule has 6 rings (SSSR count). The average molecular weight is 283 g/mol. The van der Waals surface area contributed by atoms with Gasteiger partial charge in [-0.05, 0) is 55.8 Å². The van der Waals surface area contributed by atoms with Crippen molar-refractivity contribution in [1.82, 2.24) is 19.9 Å². The Bertz CT molecular complexity index is 719. The maximum absolute atomic E-state index is 5.96. The first-order chi connectivity index (χ1) is 10.1. The number of aromatic amines is 1. The van der Waals surface area contributed by atoms with Crippen LogP contribution in [-0.2, 0) is 5.41 Å². The van der Waals surface area contributed by atoms with Gasteiger partial charge in [0.2, 0.25) is 0 Å². The van der Waals surface area contributed by atoms with E-state index in [1.165, 1.54) is 44.9 Å². The largest absolute Gasteiger partial charge is 0.382 e. The summed E-state index contributed by atoms with van der Waals surface area (Å²) >= 11 is 0. The second-order valence-corrected chi connectivity index (χ2v) is 8.09. The van der Waals surface area contributed by atoms with Crippen molar-refractivity contribution in [3.05, 3.63) is 12.2 Å². The first-order valence-electron chi connectivity index (χ1n) is 8.02. The highest BCUT2D eigenvalue weighted by molar-refractivity contribution is 5.81. The fourth-order valence-electron chi connectivity index (χ4n) is 6.09. The van der Waals surface area contributed by atoms with Gasteiger partial charge in [0.25, 0.3) is 0 Å². The molecule has 2 atom stereocenters. The van der Waals surface area contributed by atoms with Gasteiger partial charge in [-0.1, -0.05) is 6.92 Å². The standard InChI is InChI=1S/C16H21N5/c1-15-3-9-2-10(4-15)6-16(5-9,7-15)14-20-11-12(17)18-8-19-13(11)21-14/h8-10H,2-7H2,1H3,(H3,17,18,19,20,21). The minimum atomic E-state index is 0.228. The van der Waals surface area contributed by atoms with Gasteiger partial charge in [0.05, 0.1) is 0 Å². The number of nitrogens with two attached hydrogens (primary N) is 1. The Hall–Kier alpha value is -1.65. The first kappa shape index (κ1) is 12.0. The minimum absolute atomic E-state index is 0.228. The molecule has 110 valence electrons. The summed E-state index contributed by atoms with van der Waals surface area (Å²) in [6, 6.07) is 0. The number of nitrogens with one attached hydrogen (secondary N) is 1. The number of hydrogen-bond acceptors (Lipinski definition) is 4. The lowest BCUT2D eigenvalue weighted by Crippen LogP contribution is -2.53. The van der Waals surface area contributed by atoms with Gasteiger partial charge >= 0.3 is 0 Å². The van der Waals surface area contributed by atoms with Gasteiger partial charge in [0, 0.05) is 5.41 Å². The van der Waals surface area contributed by atoms with E-state index in [0.717, 1.165) is 28.8 Å². The first-order valence-corrected chi connectivity index (χ1v) is 8.02. The normalized spacial score (nSPS) is 41.0. The maximum Gasteiger partial charge on any atom is 0.183 e. The van der Waals surface area contributed by atoms with Crippen LogP contribution in [0.25, 0.3) is 11.2 Å². The molecule has 2 unspecified atom stereocenters. The number of rotatable bonds is 1. The molecule has 0 aromatic carbocycles. The van der Waals surface area contributed by atoms with E-state index in [9.17, 15) is 0 Å². The molecule has 0 saturated heterocycles. The Kier molecular flexibility index (Phi) is 2.03. The van der Waals surface area contributed by atoms with Gasteiger partial charge in [-0.2, -0.15) is 0 Å². The zero-order valence-electron chi connectivity index (χ0n) is 12.4. The lowest BCUT2D eigenvalue weighted by atomic mass is 9.44. The molecule has 0 aliphatic heterocycles. The summed E-state index contributed by atoms with van der Waals surface area (Å²) < 4.78 is 0. The Labute approximate surface area is 123 Å². The highest BCUT2D eigenvalue weighted by atomic mass is 15.1. The topological polar surface area (TPSA) is 80.5 Å². The van der Waals surface area contributed by atoms with Gasteiger partial charge < -0.3 is 10.7 Å². The molecule has 0 radical (unpaired) electrons. The molecule has 2 aromatic heterocycles. The van der Waals surface area contributed by atoms with E-state index in [1.807, 2.05) is 0 Å².